The average molecular weight is 478 g/mol. The molecule has 0 unspecified atom stereocenters. The van der Waals surface area contributed by atoms with Crippen LogP contribution in [0.2, 0.25) is 0 Å². The number of halogens is 3. The summed E-state index contributed by atoms with van der Waals surface area (Å²) in [7, 11) is 0. The molecular formula is C27H21F3N2O3. The minimum Gasteiger partial charge on any atom is -0.485 e. The summed E-state index contributed by atoms with van der Waals surface area (Å²) in [6.07, 6.45) is -2.54. The maximum atomic E-state index is 13.3. The van der Waals surface area contributed by atoms with Gasteiger partial charge in [0.25, 0.3) is 0 Å². The van der Waals surface area contributed by atoms with E-state index in [1.165, 1.54) is 6.07 Å². The third-order valence-electron chi connectivity index (χ3n) is 6.30. The summed E-state index contributed by atoms with van der Waals surface area (Å²) in [4.78, 5) is 15.4. The van der Waals surface area contributed by atoms with Crippen molar-refractivity contribution in [3.63, 3.8) is 0 Å². The van der Waals surface area contributed by atoms with Gasteiger partial charge in [-0.3, -0.25) is 4.79 Å². The fourth-order valence-electron chi connectivity index (χ4n) is 4.54. The maximum Gasteiger partial charge on any atom is 0.416 e. The minimum atomic E-state index is -4.56. The van der Waals surface area contributed by atoms with Crippen LogP contribution < -0.4 is 10.5 Å². The Hall–Kier alpha value is -4.07. The molecule has 3 N–H and O–H groups in total. The molecule has 4 aromatic rings. The van der Waals surface area contributed by atoms with Crippen molar-refractivity contribution >= 4 is 22.6 Å². The molecule has 0 radical (unpaired) electrons. The maximum absolute atomic E-state index is 13.3. The molecule has 1 aliphatic carbocycles. The SMILES string of the molecule is Nc1nccc2ccc(-c3ccc4c(c3)[C@H](Oc3cc(C(F)(F)F)ccc3CC(=O)O)CC4)cc12. The highest BCUT2D eigenvalue weighted by Gasteiger charge is 2.32. The molecule has 5 rings (SSSR count). The Morgan fingerprint density at radius 3 is 2.60 bits per heavy atom. The van der Waals surface area contributed by atoms with Gasteiger partial charge in [-0.2, -0.15) is 13.2 Å². The number of hydrogen-bond acceptors (Lipinski definition) is 4. The van der Waals surface area contributed by atoms with E-state index in [1.54, 1.807) is 6.20 Å². The number of benzene rings is 3. The van der Waals surface area contributed by atoms with Gasteiger partial charge in [-0.15, -0.1) is 0 Å². The van der Waals surface area contributed by atoms with Gasteiger partial charge < -0.3 is 15.6 Å². The number of fused-ring (bicyclic) bond motifs is 2. The van der Waals surface area contributed by atoms with E-state index in [0.29, 0.717) is 18.7 Å². The van der Waals surface area contributed by atoms with Crippen LogP contribution in [0.4, 0.5) is 19.0 Å². The molecule has 0 saturated heterocycles. The smallest absolute Gasteiger partial charge is 0.416 e. The van der Waals surface area contributed by atoms with E-state index in [-0.39, 0.29) is 11.3 Å². The number of carbonyl (C=O) groups is 1. The Morgan fingerprint density at radius 2 is 1.83 bits per heavy atom. The van der Waals surface area contributed by atoms with Gasteiger partial charge in [0, 0.05) is 17.1 Å². The number of aryl methyl sites for hydroxylation is 1. The van der Waals surface area contributed by atoms with Crippen molar-refractivity contribution in [1.82, 2.24) is 4.98 Å². The van der Waals surface area contributed by atoms with Gasteiger partial charge in [0.1, 0.15) is 17.7 Å². The van der Waals surface area contributed by atoms with E-state index in [0.717, 1.165) is 45.2 Å². The quantitative estimate of drug-likeness (QED) is 0.357. The molecule has 178 valence electrons. The third kappa shape index (κ3) is 4.51. The van der Waals surface area contributed by atoms with E-state index in [9.17, 15) is 23.1 Å². The van der Waals surface area contributed by atoms with Gasteiger partial charge in [-0.25, -0.2) is 4.98 Å². The summed E-state index contributed by atoms with van der Waals surface area (Å²) in [5.74, 6) is -0.772. The number of rotatable bonds is 5. The first kappa shape index (κ1) is 22.7. The normalized spacial score (nSPS) is 15.2. The number of carboxylic acids is 1. The van der Waals surface area contributed by atoms with Gasteiger partial charge >= 0.3 is 12.1 Å². The monoisotopic (exact) mass is 478 g/mol. The lowest BCUT2D eigenvalue weighted by Crippen LogP contribution is -2.11. The number of ether oxygens (including phenoxy) is 1. The van der Waals surface area contributed by atoms with Crippen LogP contribution in [0.1, 0.15) is 34.8 Å². The Labute approximate surface area is 199 Å². The van der Waals surface area contributed by atoms with Gasteiger partial charge in [0.15, 0.2) is 0 Å². The lowest BCUT2D eigenvalue weighted by atomic mass is 9.98. The molecular weight excluding hydrogens is 457 g/mol. The Balaban J connectivity index is 1.50. The summed E-state index contributed by atoms with van der Waals surface area (Å²) >= 11 is 0. The highest BCUT2D eigenvalue weighted by molar-refractivity contribution is 5.94. The topological polar surface area (TPSA) is 85.4 Å². The molecule has 1 atom stereocenters. The molecule has 0 saturated carbocycles. The van der Waals surface area contributed by atoms with Crippen LogP contribution in [-0.4, -0.2) is 16.1 Å². The number of anilines is 1. The van der Waals surface area contributed by atoms with Crippen LogP contribution in [0.25, 0.3) is 21.9 Å². The van der Waals surface area contributed by atoms with Crippen molar-refractivity contribution in [3.05, 3.63) is 89.1 Å². The minimum absolute atomic E-state index is 0.0602. The van der Waals surface area contributed by atoms with Crippen LogP contribution in [-0.2, 0) is 23.8 Å². The molecule has 0 amide bonds. The number of hydrogen-bond donors (Lipinski definition) is 2. The van der Waals surface area contributed by atoms with Crippen LogP contribution in [0.5, 0.6) is 5.75 Å². The Kier molecular flexibility index (Phi) is 5.59. The molecule has 0 fully saturated rings. The van der Waals surface area contributed by atoms with E-state index >= 15 is 0 Å². The zero-order valence-electron chi connectivity index (χ0n) is 18.5. The fraction of sp³-hybridized carbons (Fsp3) is 0.185. The summed E-state index contributed by atoms with van der Waals surface area (Å²) in [6, 6.07) is 16.7. The second-order valence-corrected chi connectivity index (χ2v) is 8.58. The predicted molar refractivity (Wildman–Crippen MR) is 126 cm³/mol. The van der Waals surface area contributed by atoms with Crippen molar-refractivity contribution in [1.29, 1.82) is 0 Å². The Bertz CT molecular complexity index is 1450. The molecule has 3 aromatic carbocycles. The highest BCUT2D eigenvalue weighted by Crippen LogP contribution is 2.40. The van der Waals surface area contributed by atoms with Gasteiger partial charge in [-0.1, -0.05) is 30.3 Å². The molecule has 8 heteroatoms. The number of carboxylic acid groups (broad SMARTS) is 1. The molecule has 1 heterocycles. The number of aromatic nitrogens is 1. The molecule has 1 aromatic heterocycles. The third-order valence-corrected chi connectivity index (χ3v) is 6.30. The summed E-state index contributed by atoms with van der Waals surface area (Å²) < 4.78 is 46.0. The van der Waals surface area contributed by atoms with Crippen LogP contribution in [0, 0.1) is 0 Å². The van der Waals surface area contributed by atoms with Crippen LogP contribution in [0.3, 0.4) is 0 Å². The van der Waals surface area contributed by atoms with E-state index in [4.69, 9.17) is 10.5 Å². The van der Waals surface area contributed by atoms with Crippen molar-refractivity contribution in [2.24, 2.45) is 0 Å². The van der Waals surface area contributed by atoms with Crippen molar-refractivity contribution < 1.29 is 27.8 Å². The molecule has 5 nitrogen and oxygen atoms in total. The zero-order valence-corrected chi connectivity index (χ0v) is 18.5. The summed E-state index contributed by atoms with van der Waals surface area (Å²) in [6.45, 7) is 0. The number of pyridine rings is 1. The number of aliphatic carboxylic acids is 1. The number of nitrogen functional groups attached to an aromatic ring is 1. The lowest BCUT2D eigenvalue weighted by Gasteiger charge is -2.19. The molecule has 35 heavy (non-hydrogen) atoms. The molecule has 1 aliphatic rings. The standard InChI is InChI=1S/C27H21F3N2O3/c28-27(29,30)20-7-5-19(13-25(33)34)24(14-20)35-23-8-6-15-1-3-17(11-21(15)23)18-4-2-16-9-10-32-26(31)22(16)12-18/h1-5,7,9-12,14,23H,6,8,13H2,(H2,31,32)(H,33,34)/t23-/m1/s1. The average Bonchev–Trinajstić information content (AvgIpc) is 3.21. The first-order valence-corrected chi connectivity index (χ1v) is 11.0. The van der Waals surface area contributed by atoms with Crippen molar-refractivity contribution in [2.75, 3.05) is 5.73 Å². The second-order valence-electron chi connectivity index (χ2n) is 8.58. The zero-order chi connectivity index (χ0) is 24.7. The molecule has 0 aliphatic heterocycles. The highest BCUT2D eigenvalue weighted by atomic mass is 19.4. The molecule has 0 spiro atoms. The number of alkyl halides is 3. The number of nitrogens with two attached hydrogens (primary N) is 1. The molecule has 0 bridgehead atoms. The first-order chi connectivity index (χ1) is 16.7. The first-order valence-electron chi connectivity index (χ1n) is 11.0. The van der Waals surface area contributed by atoms with Crippen molar-refractivity contribution in [2.45, 2.75) is 31.5 Å². The van der Waals surface area contributed by atoms with E-state index in [1.807, 2.05) is 42.5 Å². The number of nitrogens with zero attached hydrogens (tertiary/aromatic N) is 1. The summed E-state index contributed by atoms with van der Waals surface area (Å²) in [5, 5.41) is 11.0. The van der Waals surface area contributed by atoms with E-state index < -0.39 is 30.2 Å². The lowest BCUT2D eigenvalue weighted by molar-refractivity contribution is -0.137. The van der Waals surface area contributed by atoms with Crippen LogP contribution >= 0.6 is 0 Å². The summed E-state index contributed by atoms with van der Waals surface area (Å²) in [5.41, 5.74) is 9.13. The van der Waals surface area contributed by atoms with Crippen LogP contribution in [0.15, 0.2) is 66.9 Å². The van der Waals surface area contributed by atoms with Crippen molar-refractivity contribution in [3.8, 4) is 16.9 Å². The largest absolute Gasteiger partial charge is 0.485 e. The predicted octanol–water partition coefficient (Wildman–Crippen LogP) is 6.20. The van der Waals surface area contributed by atoms with Gasteiger partial charge in [0.05, 0.1) is 12.0 Å². The van der Waals surface area contributed by atoms with Gasteiger partial charge in [-0.05, 0) is 70.8 Å². The Morgan fingerprint density at radius 1 is 1.06 bits per heavy atom. The van der Waals surface area contributed by atoms with E-state index in [2.05, 4.69) is 4.98 Å². The fourth-order valence-corrected chi connectivity index (χ4v) is 4.54. The van der Waals surface area contributed by atoms with Gasteiger partial charge in [0.2, 0.25) is 0 Å². The second kappa shape index (κ2) is 8.61.